The Morgan fingerprint density at radius 2 is 2.29 bits per heavy atom. The van der Waals surface area contributed by atoms with E-state index in [0.29, 0.717) is 24.2 Å². The van der Waals surface area contributed by atoms with E-state index in [9.17, 15) is 9.59 Å². The van der Waals surface area contributed by atoms with Crippen molar-refractivity contribution in [3.63, 3.8) is 0 Å². The fourth-order valence-corrected chi connectivity index (χ4v) is 4.53. The Labute approximate surface area is 149 Å². The van der Waals surface area contributed by atoms with Crippen molar-refractivity contribution in [2.75, 3.05) is 23.4 Å². The maximum absolute atomic E-state index is 12.7. The van der Waals surface area contributed by atoms with Crippen molar-refractivity contribution in [2.24, 2.45) is 0 Å². The van der Waals surface area contributed by atoms with Crippen LogP contribution in [0.3, 0.4) is 0 Å². The van der Waals surface area contributed by atoms with Gasteiger partial charge in [-0.3, -0.25) is 4.79 Å². The van der Waals surface area contributed by atoms with Gasteiger partial charge in [0.2, 0.25) is 0 Å². The normalized spacial score (nSPS) is 17.5. The molecule has 1 fully saturated rings. The largest absolute Gasteiger partial charge is 0.322 e. The molecule has 126 valence electrons. The van der Waals surface area contributed by atoms with Gasteiger partial charge >= 0.3 is 6.03 Å². The summed E-state index contributed by atoms with van der Waals surface area (Å²) in [5.74, 6) is 1.85. The number of urea groups is 1. The van der Waals surface area contributed by atoms with Crippen LogP contribution in [0.5, 0.6) is 0 Å². The number of benzene rings is 1. The molecule has 2 amide bonds. The number of aromatic nitrogens is 1. The summed E-state index contributed by atoms with van der Waals surface area (Å²) in [6, 6.07) is 6.98. The molecule has 0 aliphatic carbocycles. The lowest BCUT2D eigenvalue weighted by molar-refractivity contribution is 0.0988. The summed E-state index contributed by atoms with van der Waals surface area (Å²) in [4.78, 5) is 30.8. The number of rotatable bonds is 4. The van der Waals surface area contributed by atoms with Crippen LogP contribution in [-0.4, -0.2) is 39.7 Å². The van der Waals surface area contributed by atoms with Gasteiger partial charge < -0.3 is 10.2 Å². The van der Waals surface area contributed by atoms with Crippen LogP contribution in [0.25, 0.3) is 0 Å². The number of thiazole rings is 1. The van der Waals surface area contributed by atoms with Gasteiger partial charge in [0.05, 0.1) is 6.04 Å². The third kappa shape index (κ3) is 3.79. The van der Waals surface area contributed by atoms with Crippen molar-refractivity contribution < 1.29 is 9.59 Å². The lowest BCUT2D eigenvalue weighted by Gasteiger charge is -2.34. The van der Waals surface area contributed by atoms with Gasteiger partial charge in [0.15, 0.2) is 5.78 Å². The van der Waals surface area contributed by atoms with Crippen LogP contribution in [-0.2, 0) is 0 Å². The van der Waals surface area contributed by atoms with E-state index >= 15 is 0 Å². The van der Waals surface area contributed by atoms with Crippen LogP contribution in [0.2, 0.25) is 0 Å². The molecule has 0 unspecified atom stereocenters. The summed E-state index contributed by atoms with van der Waals surface area (Å²) in [6.07, 6.45) is 2.22. The van der Waals surface area contributed by atoms with Crippen LogP contribution in [0.1, 0.15) is 34.8 Å². The van der Waals surface area contributed by atoms with Crippen molar-refractivity contribution in [3.05, 3.63) is 46.4 Å². The second-order valence-corrected chi connectivity index (χ2v) is 7.52. The maximum Gasteiger partial charge on any atom is 0.322 e. The molecule has 0 saturated carbocycles. The highest BCUT2D eigenvalue weighted by atomic mass is 32.2. The number of thioether (sulfide) groups is 1. The van der Waals surface area contributed by atoms with Crippen molar-refractivity contribution >= 4 is 40.6 Å². The Hall–Kier alpha value is -1.86. The maximum atomic E-state index is 12.7. The van der Waals surface area contributed by atoms with E-state index in [2.05, 4.69) is 10.3 Å². The van der Waals surface area contributed by atoms with Gasteiger partial charge in [-0.2, -0.15) is 11.8 Å². The molecule has 2 aromatic rings. The van der Waals surface area contributed by atoms with Crippen LogP contribution < -0.4 is 5.32 Å². The van der Waals surface area contributed by atoms with Crippen LogP contribution in [0.4, 0.5) is 10.5 Å². The average Bonchev–Trinajstić information content (AvgIpc) is 3.15. The predicted molar refractivity (Wildman–Crippen MR) is 99.0 cm³/mol. The molecule has 1 atom stereocenters. The molecule has 0 radical (unpaired) electrons. The Bertz CT molecular complexity index is 718. The Morgan fingerprint density at radius 3 is 3.04 bits per heavy atom. The van der Waals surface area contributed by atoms with E-state index in [4.69, 9.17) is 0 Å². The quantitative estimate of drug-likeness (QED) is 0.834. The lowest BCUT2D eigenvalue weighted by atomic mass is 10.1. The SMILES string of the molecule is CCC(=O)c1cccc(NC(=O)N2CCSC[C@@H]2c2nccs2)c1. The minimum Gasteiger partial charge on any atom is -0.313 e. The monoisotopic (exact) mass is 361 g/mol. The number of hydrogen-bond acceptors (Lipinski definition) is 5. The van der Waals surface area contributed by atoms with Crippen LogP contribution in [0.15, 0.2) is 35.8 Å². The highest BCUT2D eigenvalue weighted by Crippen LogP contribution is 2.31. The van der Waals surface area contributed by atoms with Crippen molar-refractivity contribution in [1.29, 1.82) is 0 Å². The number of Topliss-reactive ketones (excluding diaryl/α,β-unsaturated/α-hetero) is 1. The number of hydrogen-bond donors (Lipinski definition) is 1. The number of nitrogens with zero attached hydrogens (tertiary/aromatic N) is 2. The molecule has 1 aliphatic rings. The lowest BCUT2D eigenvalue weighted by Crippen LogP contribution is -2.43. The van der Waals surface area contributed by atoms with Crippen molar-refractivity contribution in [1.82, 2.24) is 9.88 Å². The summed E-state index contributed by atoms with van der Waals surface area (Å²) in [6.45, 7) is 2.52. The molecule has 24 heavy (non-hydrogen) atoms. The zero-order valence-corrected chi connectivity index (χ0v) is 15.0. The summed E-state index contributed by atoms with van der Waals surface area (Å²) in [7, 11) is 0. The van der Waals surface area contributed by atoms with E-state index < -0.39 is 0 Å². The second-order valence-electron chi connectivity index (χ2n) is 5.44. The van der Waals surface area contributed by atoms with E-state index in [-0.39, 0.29) is 17.9 Å². The molecule has 1 aliphatic heterocycles. The average molecular weight is 361 g/mol. The molecule has 1 saturated heterocycles. The Morgan fingerprint density at radius 1 is 1.42 bits per heavy atom. The van der Waals surface area contributed by atoms with Gasteiger partial charge in [-0.25, -0.2) is 9.78 Å². The summed E-state index contributed by atoms with van der Waals surface area (Å²) < 4.78 is 0. The zero-order chi connectivity index (χ0) is 16.9. The first-order valence-electron chi connectivity index (χ1n) is 7.87. The number of anilines is 1. The van der Waals surface area contributed by atoms with E-state index in [0.717, 1.165) is 16.5 Å². The number of carbonyl (C=O) groups excluding carboxylic acids is 2. The standard InChI is InChI=1S/C17H19N3O2S2/c1-2-15(21)12-4-3-5-13(10-12)19-17(22)20-7-9-23-11-14(20)16-18-6-8-24-16/h3-6,8,10,14H,2,7,9,11H2,1H3,(H,19,22)/t14-/m1/s1. The van der Waals surface area contributed by atoms with Crippen LogP contribution >= 0.6 is 23.1 Å². The first-order valence-corrected chi connectivity index (χ1v) is 9.90. The molecule has 0 spiro atoms. The smallest absolute Gasteiger partial charge is 0.313 e. The van der Waals surface area contributed by atoms with Gasteiger partial charge in [-0.1, -0.05) is 19.1 Å². The molecule has 0 bridgehead atoms. The number of amides is 2. The first-order chi connectivity index (χ1) is 11.7. The molecule has 3 rings (SSSR count). The summed E-state index contributed by atoms with van der Waals surface area (Å²) in [5, 5.41) is 5.83. The molecule has 5 nitrogen and oxygen atoms in total. The highest BCUT2D eigenvalue weighted by Gasteiger charge is 2.30. The van der Waals surface area contributed by atoms with Crippen LogP contribution in [0, 0.1) is 0 Å². The highest BCUT2D eigenvalue weighted by molar-refractivity contribution is 7.99. The van der Waals surface area contributed by atoms with Gasteiger partial charge in [0.25, 0.3) is 0 Å². The van der Waals surface area contributed by atoms with Gasteiger partial charge in [0, 0.05) is 47.3 Å². The van der Waals surface area contributed by atoms with Crippen molar-refractivity contribution in [2.45, 2.75) is 19.4 Å². The molecule has 1 N–H and O–H groups in total. The molecule has 1 aromatic carbocycles. The third-order valence-electron chi connectivity index (χ3n) is 3.88. The minimum atomic E-state index is -0.142. The number of carbonyl (C=O) groups is 2. The summed E-state index contributed by atoms with van der Waals surface area (Å²) in [5.41, 5.74) is 1.27. The van der Waals surface area contributed by atoms with Gasteiger partial charge in [0.1, 0.15) is 5.01 Å². The fourth-order valence-electron chi connectivity index (χ4n) is 2.62. The van der Waals surface area contributed by atoms with E-state index in [1.165, 1.54) is 0 Å². The molecular formula is C17H19N3O2S2. The van der Waals surface area contributed by atoms with E-state index in [1.54, 1.807) is 41.8 Å². The van der Waals surface area contributed by atoms with Gasteiger partial charge in [-0.15, -0.1) is 11.3 Å². The van der Waals surface area contributed by atoms with Gasteiger partial charge in [-0.05, 0) is 12.1 Å². The first kappa shape index (κ1) is 17.0. The van der Waals surface area contributed by atoms with E-state index in [1.807, 2.05) is 29.0 Å². The zero-order valence-electron chi connectivity index (χ0n) is 13.4. The fraction of sp³-hybridized carbons (Fsp3) is 0.353. The third-order valence-corrected chi connectivity index (χ3v) is 5.78. The predicted octanol–water partition coefficient (Wildman–Crippen LogP) is 4.06. The molecule has 2 heterocycles. The van der Waals surface area contributed by atoms with Crippen molar-refractivity contribution in [3.8, 4) is 0 Å². The Balaban J connectivity index is 1.75. The molecule has 7 heteroatoms. The second kappa shape index (κ2) is 7.81. The molecular weight excluding hydrogens is 342 g/mol. The number of nitrogens with one attached hydrogen (secondary N) is 1. The molecule has 1 aromatic heterocycles. The Kier molecular flexibility index (Phi) is 5.52. The number of ketones is 1. The summed E-state index contributed by atoms with van der Waals surface area (Å²) >= 11 is 3.41. The minimum absolute atomic E-state index is 0.00389. The topological polar surface area (TPSA) is 62.3 Å².